The Hall–Kier alpha value is -1.34. The molecule has 94 valence electrons. The van der Waals surface area contributed by atoms with Crippen LogP contribution in [0.25, 0.3) is 0 Å². The van der Waals surface area contributed by atoms with E-state index in [1.807, 2.05) is 0 Å². The largest absolute Gasteiger partial charge is 0.481 e. The molecule has 17 heavy (non-hydrogen) atoms. The van der Waals surface area contributed by atoms with Crippen LogP contribution >= 0.6 is 10.7 Å². The summed E-state index contributed by atoms with van der Waals surface area (Å²) in [5, 5.41) is 2.29. The highest BCUT2D eigenvalue weighted by Gasteiger charge is 2.14. The van der Waals surface area contributed by atoms with Crippen LogP contribution in [0.2, 0.25) is 0 Å². The van der Waals surface area contributed by atoms with Crippen LogP contribution in [0.1, 0.15) is 0 Å². The molecule has 1 N–H and O–H groups in total. The third kappa shape index (κ3) is 3.86. The Morgan fingerprint density at radius 3 is 2.65 bits per heavy atom. The van der Waals surface area contributed by atoms with Crippen LogP contribution in [0.4, 0.5) is 4.39 Å². The molecule has 8 heteroatoms. The van der Waals surface area contributed by atoms with E-state index in [-0.39, 0.29) is 17.3 Å². The molecule has 0 radical (unpaired) electrons. The molecule has 1 aromatic rings. The number of hydrogen-bond donors (Lipinski definition) is 1. The second-order valence-electron chi connectivity index (χ2n) is 2.99. The van der Waals surface area contributed by atoms with Crippen LogP contribution in [-0.4, -0.2) is 28.0 Å². The predicted molar refractivity (Wildman–Crippen MR) is 59.0 cm³/mol. The van der Waals surface area contributed by atoms with Crippen LogP contribution in [0, 0.1) is 5.82 Å². The molecule has 0 aliphatic rings. The van der Waals surface area contributed by atoms with E-state index >= 15 is 0 Å². The Labute approximate surface area is 102 Å². The van der Waals surface area contributed by atoms with Gasteiger partial charge in [0.15, 0.2) is 18.2 Å². The predicted octanol–water partition coefficient (Wildman–Crippen LogP) is 0.878. The number of rotatable bonds is 4. The maximum atomic E-state index is 13.4. The summed E-state index contributed by atoms with van der Waals surface area (Å²) in [5.74, 6) is -1.56. The van der Waals surface area contributed by atoms with Gasteiger partial charge in [0, 0.05) is 17.7 Å². The van der Waals surface area contributed by atoms with Gasteiger partial charge in [-0.05, 0) is 18.2 Å². The number of ether oxygens (including phenoxy) is 1. The molecule has 1 aromatic carbocycles. The van der Waals surface area contributed by atoms with E-state index in [2.05, 4.69) is 5.32 Å². The highest BCUT2D eigenvalue weighted by atomic mass is 35.7. The molecule has 0 unspecified atom stereocenters. The van der Waals surface area contributed by atoms with Gasteiger partial charge in [-0.25, -0.2) is 12.8 Å². The molecule has 0 spiro atoms. The van der Waals surface area contributed by atoms with Crippen LogP contribution in [-0.2, 0) is 13.8 Å². The number of amides is 1. The summed E-state index contributed by atoms with van der Waals surface area (Å²) in [7, 11) is 2.46. The summed E-state index contributed by atoms with van der Waals surface area (Å²) in [5.41, 5.74) is 0. The summed E-state index contributed by atoms with van der Waals surface area (Å²) in [6, 6.07) is 2.90. The highest BCUT2D eigenvalue weighted by molar-refractivity contribution is 8.13. The van der Waals surface area contributed by atoms with Gasteiger partial charge in [0.2, 0.25) is 0 Å². The minimum absolute atomic E-state index is 0.224. The fourth-order valence-electron chi connectivity index (χ4n) is 0.966. The number of nitrogens with one attached hydrogen (secondary N) is 1. The standard InChI is InChI=1S/C9H9ClFNO4S/c1-12-9(13)5-16-8-3-2-6(4-7(8)11)17(10,14)15/h2-4H,5H2,1H3,(H,12,13). The van der Waals surface area contributed by atoms with Crippen molar-refractivity contribution in [1.29, 1.82) is 0 Å². The molecule has 0 heterocycles. The lowest BCUT2D eigenvalue weighted by Crippen LogP contribution is -2.25. The maximum Gasteiger partial charge on any atom is 0.261 e. The zero-order valence-corrected chi connectivity index (χ0v) is 10.3. The number of carbonyl (C=O) groups excluding carboxylic acids is 1. The van der Waals surface area contributed by atoms with Crippen LogP contribution in [0.5, 0.6) is 5.75 Å². The van der Waals surface area contributed by atoms with Gasteiger partial charge in [0.1, 0.15) is 0 Å². The molecular weight excluding hydrogens is 273 g/mol. The van der Waals surface area contributed by atoms with Crippen molar-refractivity contribution < 1.29 is 22.3 Å². The average Bonchev–Trinajstić information content (AvgIpc) is 2.25. The topological polar surface area (TPSA) is 72.5 Å². The normalized spacial score (nSPS) is 11.0. The van der Waals surface area contributed by atoms with Crippen LogP contribution in [0.15, 0.2) is 23.1 Å². The number of likely N-dealkylation sites (N-methyl/N-ethyl adjacent to an activating group) is 1. The van der Waals surface area contributed by atoms with Crippen molar-refractivity contribution in [3.05, 3.63) is 24.0 Å². The smallest absolute Gasteiger partial charge is 0.261 e. The van der Waals surface area contributed by atoms with Gasteiger partial charge in [-0.1, -0.05) is 0 Å². The first-order chi connectivity index (χ1) is 7.84. The Balaban J connectivity index is 2.88. The van der Waals surface area contributed by atoms with Crippen molar-refractivity contribution in [2.75, 3.05) is 13.7 Å². The Morgan fingerprint density at radius 2 is 2.18 bits per heavy atom. The third-order valence-corrected chi connectivity index (χ3v) is 3.17. The first kappa shape index (κ1) is 13.7. The fraction of sp³-hybridized carbons (Fsp3) is 0.222. The molecule has 0 fully saturated rings. The number of halogens is 2. The van der Waals surface area contributed by atoms with Crippen molar-refractivity contribution in [2.45, 2.75) is 4.90 Å². The monoisotopic (exact) mass is 281 g/mol. The highest BCUT2D eigenvalue weighted by Crippen LogP contribution is 2.23. The molecule has 5 nitrogen and oxygen atoms in total. The van der Waals surface area contributed by atoms with Crippen LogP contribution in [0.3, 0.4) is 0 Å². The summed E-state index contributed by atoms with van der Waals surface area (Å²) in [6.07, 6.45) is 0. The van der Waals surface area contributed by atoms with E-state index in [0.29, 0.717) is 0 Å². The minimum atomic E-state index is -3.98. The molecule has 1 rings (SSSR count). The third-order valence-electron chi connectivity index (χ3n) is 1.82. The first-order valence-corrected chi connectivity index (χ1v) is 6.73. The quantitative estimate of drug-likeness (QED) is 0.832. The van der Waals surface area contributed by atoms with Gasteiger partial charge >= 0.3 is 0 Å². The summed E-state index contributed by atoms with van der Waals surface area (Å²) >= 11 is 0. The van der Waals surface area contributed by atoms with Gasteiger partial charge < -0.3 is 10.1 Å². The average molecular weight is 282 g/mol. The SMILES string of the molecule is CNC(=O)COc1ccc(S(=O)(=O)Cl)cc1F. The Kier molecular flexibility index (Phi) is 4.30. The molecule has 0 aliphatic carbocycles. The van der Waals surface area contributed by atoms with Crippen molar-refractivity contribution in [3.63, 3.8) is 0 Å². The number of carbonyl (C=O) groups is 1. The molecule has 0 saturated heterocycles. The fourth-order valence-corrected chi connectivity index (χ4v) is 1.73. The van der Waals surface area contributed by atoms with E-state index in [1.54, 1.807) is 0 Å². The second kappa shape index (κ2) is 5.33. The lowest BCUT2D eigenvalue weighted by atomic mass is 10.3. The van der Waals surface area contributed by atoms with Crippen molar-refractivity contribution >= 4 is 25.6 Å². The molecule has 0 saturated carbocycles. The molecule has 0 bridgehead atoms. The number of benzene rings is 1. The summed E-state index contributed by atoms with van der Waals surface area (Å²) < 4.78 is 40.0. The molecule has 0 atom stereocenters. The van der Waals surface area contributed by atoms with Crippen molar-refractivity contribution in [1.82, 2.24) is 5.32 Å². The molecular formula is C9H9ClFNO4S. The lowest BCUT2D eigenvalue weighted by molar-refractivity contribution is -0.122. The van der Waals surface area contributed by atoms with Crippen LogP contribution < -0.4 is 10.1 Å². The van der Waals surface area contributed by atoms with E-state index < -0.39 is 20.8 Å². The summed E-state index contributed by atoms with van der Waals surface area (Å²) in [4.78, 5) is 10.5. The number of hydrogen-bond acceptors (Lipinski definition) is 4. The van der Waals surface area contributed by atoms with Crippen molar-refractivity contribution in [3.8, 4) is 5.75 Å². The molecule has 0 aromatic heterocycles. The van der Waals surface area contributed by atoms with E-state index in [1.165, 1.54) is 7.05 Å². The molecule has 1 amide bonds. The first-order valence-electron chi connectivity index (χ1n) is 4.42. The van der Waals surface area contributed by atoms with Crippen molar-refractivity contribution in [2.24, 2.45) is 0 Å². The zero-order chi connectivity index (χ0) is 13.1. The summed E-state index contributed by atoms with van der Waals surface area (Å²) in [6.45, 7) is -0.361. The second-order valence-corrected chi connectivity index (χ2v) is 5.56. The zero-order valence-electron chi connectivity index (χ0n) is 8.74. The van der Waals surface area contributed by atoms with E-state index in [4.69, 9.17) is 15.4 Å². The molecule has 0 aliphatic heterocycles. The Bertz CT molecular complexity index is 532. The Morgan fingerprint density at radius 1 is 1.53 bits per heavy atom. The minimum Gasteiger partial charge on any atom is -0.481 e. The maximum absolute atomic E-state index is 13.4. The van der Waals surface area contributed by atoms with Gasteiger partial charge in [0.05, 0.1) is 4.90 Å². The van der Waals surface area contributed by atoms with Gasteiger partial charge in [-0.15, -0.1) is 0 Å². The van der Waals surface area contributed by atoms with Gasteiger partial charge in [0.25, 0.3) is 15.0 Å². The van der Waals surface area contributed by atoms with E-state index in [0.717, 1.165) is 18.2 Å². The lowest BCUT2D eigenvalue weighted by Gasteiger charge is -2.06. The van der Waals surface area contributed by atoms with E-state index in [9.17, 15) is 17.6 Å². The van der Waals surface area contributed by atoms with Gasteiger partial charge in [-0.2, -0.15) is 0 Å². The van der Waals surface area contributed by atoms with Gasteiger partial charge in [-0.3, -0.25) is 4.79 Å².